The van der Waals surface area contributed by atoms with Gasteiger partial charge < -0.3 is 20.6 Å². The highest BCUT2D eigenvalue weighted by molar-refractivity contribution is 7.17. The molecule has 0 unspecified atom stereocenters. The van der Waals surface area contributed by atoms with E-state index in [9.17, 15) is 36.6 Å². The molecule has 0 aromatic carbocycles. The quantitative estimate of drug-likeness (QED) is 0.388. The van der Waals surface area contributed by atoms with Gasteiger partial charge in [-0.3, -0.25) is 9.59 Å². The van der Waals surface area contributed by atoms with Gasteiger partial charge in [-0.05, 0) is 51.0 Å². The molecule has 3 fully saturated rings. The van der Waals surface area contributed by atoms with Gasteiger partial charge in [-0.2, -0.15) is 13.2 Å². The minimum Gasteiger partial charge on any atom is -0.391 e. The van der Waals surface area contributed by atoms with Crippen molar-refractivity contribution < 1.29 is 36.6 Å². The first-order chi connectivity index (χ1) is 18.5. The summed E-state index contributed by atoms with van der Waals surface area (Å²) in [5.74, 6) is -1.50. The lowest BCUT2D eigenvalue weighted by Crippen LogP contribution is -2.50. The highest BCUT2D eigenvalue weighted by atomic mass is 32.1. The van der Waals surface area contributed by atoms with E-state index in [1.807, 2.05) is 0 Å². The van der Waals surface area contributed by atoms with Crippen molar-refractivity contribution in [1.82, 2.24) is 20.2 Å². The van der Waals surface area contributed by atoms with Crippen LogP contribution in [0.5, 0.6) is 0 Å². The van der Waals surface area contributed by atoms with Crippen LogP contribution in [0, 0.1) is 0 Å². The van der Waals surface area contributed by atoms with Gasteiger partial charge in [0.1, 0.15) is 17.6 Å². The highest BCUT2D eigenvalue weighted by Gasteiger charge is 2.44. The standard InChI is InChI=1S/C25H28F5N5O3S/c1-2-17(25(28,29)30)33-18-9-13(21(26)27)14(10-31-18)20-19(24(38)35-11-3-4-12(35)6-5-11)34-23(39-20)22(37)32-15-7-8-16(15)36/h9-12,15-17,21,36H,2-8H2,1H3,(H,31,33)(H,32,37)/t11-,12+,15-,16-,17-/m0/s1. The minimum atomic E-state index is -4.61. The van der Waals surface area contributed by atoms with Crippen LogP contribution in [0.2, 0.25) is 0 Å². The van der Waals surface area contributed by atoms with E-state index in [1.54, 1.807) is 4.90 Å². The molecule has 2 saturated heterocycles. The third kappa shape index (κ3) is 5.32. The Bertz CT molecular complexity index is 1240. The van der Waals surface area contributed by atoms with Crippen LogP contribution in [0.4, 0.5) is 27.8 Å². The van der Waals surface area contributed by atoms with Crippen LogP contribution in [0.3, 0.4) is 0 Å². The Balaban J connectivity index is 1.53. The summed E-state index contributed by atoms with van der Waals surface area (Å²) in [6.07, 6.45) is -3.36. The van der Waals surface area contributed by atoms with E-state index in [0.29, 0.717) is 12.8 Å². The largest absolute Gasteiger partial charge is 0.408 e. The lowest BCUT2D eigenvalue weighted by atomic mass is 9.89. The van der Waals surface area contributed by atoms with Gasteiger partial charge in [-0.1, -0.05) is 6.92 Å². The number of aliphatic hydroxyl groups is 1. The molecule has 8 nitrogen and oxygen atoms in total. The zero-order valence-corrected chi connectivity index (χ0v) is 21.8. The summed E-state index contributed by atoms with van der Waals surface area (Å²) in [6.45, 7) is 1.31. The number of aliphatic hydroxyl groups excluding tert-OH is 1. The maximum atomic E-state index is 14.3. The van der Waals surface area contributed by atoms with Gasteiger partial charge in [0.25, 0.3) is 18.2 Å². The Morgan fingerprint density at radius 3 is 2.33 bits per heavy atom. The molecular weight excluding hydrogens is 545 g/mol. The monoisotopic (exact) mass is 573 g/mol. The molecule has 4 heterocycles. The minimum absolute atomic E-state index is 0.00261. The summed E-state index contributed by atoms with van der Waals surface area (Å²) in [5, 5.41) is 14.5. The third-order valence-electron chi connectivity index (χ3n) is 7.81. The molecule has 39 heavy (non-hydrogen) atoms. The summed E-state index contributed by atoms with van der Waals surface area (Å²) in [7, 11) is 0. The van der Waals surface area contributed by atoms with Crippen molar-refractivity contribution in [3.05, 3.63) is 28.5 Å². The predicted molar refractivity (Wildman–Crippen MR) is 133 cm³/mol. The number of alkyl halides is 5. The van der Waals surface area contributed by atoms with Gasteiger partial charge in [-0.15, -0.1) is 11.3 Å². The second-order valence-electron chi connectivity index (χ2n) is 10.2. The molecule has 2 aliphatic heterocycles. The summed E-state index contributed by atoms with van der Waals surface area (Å²) in [5.41, 5.74) is -0.969. The number of hydrogen-bond donors (Lipinski definition) is 3. The molecule has 5 rings (SSSR count). The lowest BCUT2D eigenvalue weighted by Gasteiger charge is -2.32. The molecule has 1 aliphatic carbocycles. The molecule has 14 heteroatoms. The number of nitrogens with zero attached hydrogens (tertiary/aromatic N) is 3. The van der Waals surface area contributed by atoms with E-state index in [-0.39, 0.29) is 45.5 Å². The topological polar surface area (TPSA) is 107 Å². The van der Waals surface area contributed by atoms with Crippen molar-refractivity contribution in [2.75, 3.05) is 5.32 Å². The molecule has 3 aliphatic rings. The molecule has 2 aromatic heterocycles. The zero-order chi connectivity index (χ0) is 28.1. The van der Waals surface area contributed by atoms with Crippen LogP contribution in [0.15, 0.2) is 12.3 Å². The Kier molecular flexibility index (Phi) is 7.53. The number of fused-ring (bicyclic) bond motifs is 2. The second-order valence-corrected chi connectivity index (χ2v) is 11.2. The smallest absolute Gasteiger partial charge is 0.391 e. The molecule has 2 bridgehead atoms. The molecule has 212 valence electrons. The third-order valence-corrected chi connectivity index (χ3v) is 8.89. The number of halogens is 5. The number of anilines is 1. The van der Waals surface area contributed by atoms with Crippen molar-refractivity contribution in [2.24, 2.45) is 0 Å². The Morgan fingerprint density at radius 2 is 1.82 bits per heavy atom. The molecule has 2 amide bonds. The molecule has 2 aromatic rings. The molecule has 0 radical (unpaired) electrons. The van der Waals surface area contributed by atoms with E-state index in [0.717, 1.165) is 49.3 Å². The van der Waals surface area contributed by atoms with Crippen LogP contribution in [0.25, 0.3) is 10.4 Å². The van der Waals surface area contributed by atoms with Crippen molar-refractivity contribution >= 4 is 29.0 Å². The number of nitrogens with one attached hydrogen (secondary N) is 2. The summed E-state index contributed by atoms with van der Waals surface area (Å²) < 4.78 is 68.3. The van der Waals surface area contributed by atoms with Crippen molar-refractivity contribution in [3.63, 3.8) is 0 Å². The summed E-state index contributed by atoms with van der Waals surface area (Å²) >= 11 is 0.743. The van der Waals surface area contributed by atoms with Crippen molar-refractivity contribution in [2.45, 2.75) is 94.7 Å². The van der Waals surface area contributed by atoms with Crippen LogP contribution in [-0.4, -0.2) is 68.2 Å². The Hall–Kier alpha value is -2.87. The van der Waals surface area contributed by atoms with Gasteiger partial charge in [-0.25, -0.2) is 18.7 Å². The Labute approximate surface area is 225 Å². The molecule has 3 atom stereocenters. The van der Waals surface area contributed by atoms with Gasteiger partial charge >= 0.3 is 6.18 Å². The van der Waals surface area contributed by atoms with Gasteiger partial charge in [0.15, 0.2) is 5.01 Å². The normalized spacial score (nSPS) is 25.1. The predicted octanol–water partition coefficient (Wildman–Crippen LogP) is 4.92. The van der Waals surface area contributed by atoms with Crippen molar-refractivity contribution in [3.8, 4) is 10.4 Å². The van der Waals surface area contributed by atoms with E-state index < -0.39 is 48.2 Å². The van der Waals surface area contributed by atoms with Crippen LogP contribution in [-0.2, 0) is 0 Å². The van der Waals surface area contributed by atoms with Crippen LogP contribution >= 0.6 is 11.3 Å². The average molecular weight is 574 g/mol. The van der Waals surface area contributed by atoms with Gasteiger partial charge in [0, 0.05) is 29.4 Å². The van der Waals surface area contributed by atoms with E-state index in [2.05, 4.69) is 20.6 Å². The van der Waals surface area contributed by atoms with E-state index >= 15 is 0 Å². The Morgan fingerprint density at radius 1 is 1.15 bits per heavy atom. The molecule has 0 spiro atoms. The first-order valence-corrected chi connectivity index (χ1v) is 13.7. The number of thiazole rings is 1. The molecule has 1 saturated carbocycles. The zero-order valence-electron chi connectivity index (χ0n) is 21.0. The summed E-state index contributed by atoms with van der Waals surface area (Å²) in [4.78, 5) is 36.5. The maximum absolute atomic E-state index is 14.3. The average Bonchev–Trinajstić information content (AvgIpc) is 3.63. The first-order valence-electron chi connectivity index (χ1n) is 12.9. The number of rotatable bonds is 8. The number of carbonyl (C=O) groups is 2. The van der Waals surface area contributed by atoms with Crippen molar-refractivity contribution in [1.29, 1.82) is 0 Å². The number of pyridine rings is 1. The first kappa shape index (κ1) is 27.7. The van der Waals surface area contributed by atoms with E-state index in [1.165, 1.54) is 6.92 Å². The van der Waals surface area contributed by atoms with Gasteiger partial charge in [0.2, 0.25) is 0 Å². The molecule has 3 N–H and O–H groups in total. The number of amides is 2. The molecular formula is C25H28F5N5O3S. The van der Waals surface area contributed by atoms with Crippen LogP contribution < -0.4 is 10.6 Å². The fraction of sp³-hybridized carbons (Fsp3) is 0.600. The number of aromatic nitrogens is 2. The highest BCUT2D eigenvalue weighted by Crippen LogP contribution is 2.42. The number of carbonyl (C=O) groups excluding carboxylic acids is 2. The summed E-state index contributed by atoms with van der Waals surface area (Å²) in [6, 6.07) is -1.60. The SMILES string of the molecule is CC[C@H](Nc1cc(C(F)F)c(-c2sc(C(=O)N[C@H]3CC[C@@H]3O)nc2C(=O)N2[C@H]3CC[C@@H]2CC3)cn1)C(F)(F)F. The van der Waals surface area contributed by atoms with Gasteiger partial charge in [0.05, 0.1) is 17.0 Å². The fourth-order valence-corrected chi connectivity index (χ4v) is 6.50. The lowest BCUT2D eigenvalue weighted by molar-refractivity contribution is -0.142. The van der Waals surface area contributed by atoms with E-state index in [4.69, 9.17) is 0 Å². The second kappa shape index (κ2) is 10.6. The number of hydrogen-bond acceptors (Lipinski definition) is 7. The fourth-order valence-electron chi connectivity index (χ4n) is 5.51. The van der Waals surface area contributed by atoms with Crippen LogP contribution in [0.1, 0.15) is 84.1 Å². The maximum Gasteiger partial charge on any atom is 0.408 e.